The molecule has 0 saturated carbocycles. The Morgan fingerprint density at radius 1 is 1.40 bits per heavy atom. The normalized spacial score (nSPS) is 20.0. The predicted octanol–water partition coefficient (Wildman–Crippen LogP) is 1.45. The van der Waals surface area contributed by atoms with Crippen LogP contribution in [0.3, 0.4) is 0 Å². The quantitative estimate of drug-likeness (QED) is 0.726. The van der Waals surface area contributed by atoms with Gasteiger partial charge in [-0.2, -0.15) is 0 Å². The number of aromatic nitrogens is 3. The van der Waals surface area contributed by atoms with Gasteiger partial charge in [0.05, 0.1) is 16.1 Å². The van der Waals surface area contributed by atoms with Gasteiger partial charge in [0.2, 0.25) is 5.82 Å². The van der Waals surface area contributed by atoms with Gasteiger partial charge >= 0.3 is 0 Å². The van der Waals surface area contributed by atoms with E-state index in [-0.39, 0.29) is 11.7 Å². The molecule has 3 rings (SSSR count). The molecule has 0 spiro atoms. The van der Waals surface area contributed by atoms with Gasteiger partial charge in [-0.15, -0.1) is 5.10 Å². The second kappa shape index (κ2) is 7.70. The van der Waals surface area contributed by atoms with Crippen LogP contribution in [0.25, 0.3) is 5.69 Å². The molecule has 9 heteroatoms. The Balaban J connectivity index is 1.81. The molecule has 0 bridgehead atoms. The molecule has 2 unspecified atom stereocenters. The number of nitrogens with zero attached hydrogens (tertiary/aromatic N) is 3. The number of benzene rings is 1. The fourth-order valence-electron chi connectivity index (χ4n) is 2.77. The maximum absolute atomic E-state index is 12.4. The van der Waals surface area contributed by atoms with E-state index in [4.69, 9.17) is 23.2 Å². The first-order valence-corrected chi connectivity index (χ1v) is 8.84. The highest BCUT2D eigenvalue weighted by Crippen LogP contribution is 2.28. The summed E-state index contributed by atoms with van der Waals surface area (Å²) in [5.74, 6) is 0.224. The van der Waals surface area contributed by atoms with Gasteiger partial charge < -0.3 is 15.7 Å². The number of amides is 1. The summed E-state index contributed by atoms with van der Waals surface area (Å²) in [7, 11) is 0. The Kier molecular flexibility index (Phi) is 5.58. The zero-order valence-electron chi connectivity index (χ0n) is 13.7. The number of aryl methyl sites for hydroxylation is 1. The molecule has 3 N–H and O–H groups in total. The number of halogens is 2. The number of hydrogen-bond acceptors (Lipinski definition) is 5. The number of carbonyl (C=O) groups excluding carboxylic acids is 1. The number of carbonyl (C=O) groups is 1. The van der Waals surface area contributed by atoms with Gasteiger partial charge in [-0.3, -0.25) is 4.79 Å². The van der Waals surface area contributed by atoms with Crippen LogP contribution in [0.4, 0.5) is 0 Å². The van der Waals surface area contributed by atoms with E-state index >= 15 is 0 Å². The number of hydrogen-bond donors (Lipinski definition) is 3. The fraction of sp³-hybridized carbons (Fsp3) is 0.438. The Labute approximate surface area is 155 Å². The lowest BCUT2D eigenvalue weighted by Crippen LogP contribution is -2.34. The maximum atomic E-state index is 12.4. The minimum absolute atomic E-state index is 0.0188. The number of aliphatic hydroxyl groups excluding tert-OH is 1. The van der Waals surface area contributed by atoms with Crippen LogP contribution in [-0.2, 0) is 6.42 Å². The smallest absolute Gasteiger partial charge is 0.290 e. The van der Waals surface area contributed by atoms with Crippen molar-refractivity contribution in [2.24, 2.45) is 5.92 Å². The van der Waals surface area contributed by atoms with Gasteiger partial charge in [0.15, 0.2) is 0 Å². The summed E-state index contributed by atoms with van der Waals surface area (Å²) < 4.78 is 1.51. The van der Waals surface area contributed by atoms with Crippen LogP contribution in [0.1, 0.15) is 23.4 Å². The highest BCUT2D eigenvalue weighted by atomic mass is 35.5. The molecule has 1 fully saturated rings. The third-order valence-electron chi connectivity index (χ3n) is 4.17. The van der Waals surface area contributed by atoms with E-state index in [0.717, 1.165) is 0 Å². The lowest BCUT2D eigenvalue weighted by atomic mass is 10.1. The lowest BCUT2D eigenvalue weighted by molar-refractivity contribution is 0.0917. The van der Waals surface area contributed by atoms with Crippen LogP contribution >= 0.6 is 23.2 Å². The van der Waals surface area contributed by atoms with Crippen molar-refractivity contribution >= 4 is 29.1 Å². The third-order valence-corrected chi connectivity index (χ3v) is 4.78. The fourth-order valence-corrected chi connectivity index (χ4v) is 3.33. The van der Waals surface area contributed by atoms with Crippen molar-refractivity contribution < 1.29 is 9.90 Å². The number of rotatable bonds is 5. The molecule has 134 valence electrons. The molecule has 2 atom stereocenters. The molecule has 25 heavy (non-hydrogen) atoms. The Hall–Kier alpha value is -1.67. The Morgan fingerprint density at radius 2 is 2.12 bits per heavy atom. The molecule has 0 aliphatic carbocycles. The summed E-state index contributed by atoms with van der Waals surface area (Å²) >= 11 is 12.5. The van der Waals surface area contributed by atoms with Crippen LogP contribution in [-0.4, -0.2) is 51.5 Å². The molecule has 1 aromatic heterocycles. The van der Waals surface area contributed by atoms with Crippen LogP contribution in [0.2, 0.25) is 10.0 Å². The number of aliphatic hydroxyl groups is 1. The largest absolute Gasteiger partial charge is 0.391 e. The summed E-state index contributed by atoms with van der Waals surface area (Å²) in [6.45, 7) is 3.47. The van der Waals surface area contributed by atoms with Crippen molar-refractivity contribution in [1.29, 1.82) is 0 Å². The molecule has 1 saturated heterocycles. The third kappa shape index (κ3) is 3.79. The SMILES string of the molecule is CCc1nc(C(=O)NCC2CNCC2O)nn1-c1c(Cl)cccc1Cl. The molecule has 2 heterocycles. The summed E-state index contributed by atoms with van der Waals surface area (Å²) in [4.78, 5) is 16.7. The Morgan fingerprint density at radius 3 is 2.72 bits per heavy atom. The van der Waals surface area contributed by atoms with Crippen molar-refractivity contribution in [2.45, 2.75) is 19.4 Å². The van der Waals surface area contributed by atoms with Gasteiger partial charge in [-0.05, 0) is 12.1 Å². The summed E-state index contributed by atoms with van der Waals surface area (Å²) in [6, 6.07) is 5.15. The van der Waals surface area contributed by atoms with Crippen molar-refractivity contribution in [2.75, 3.05) is 19.6 Å². The van der Waals surface area contributed by atoms with Gasteiger partial charge in [0.25, 0.3) is 5.91 Å². The minimum Gasteiger partial charge on any atom is -0.391 e. The van der Waals surface area contributed by atoms with Crippen LogP contribution in [0.15, 0.2) is 18.2 Å². The first-order chi connectivity index (χ1) is 12.0. The van der Waals surface area contributed by atoms with E-state index < -0.39 is 12.0 Å². The lowest BCUT2D eigenvalue weighted by Gasteiger charge is -2.13. The monoisotopic (exact) mass is 383 g/mol. The summed E-state index contributed by atoms with van der Waals surface area (Å²) in [6.07, 6.45) is 0.103. The van der Waals surface area contributed by atoms with Crippen molar-refractivity contribution in [1.82, 2.24) is 25.4 Å². The molecular weight excluding hydrogens is 365 g/mol. The molecule has 1 aliphatic rings. The van der Waals surface area contributed by atoms with Gasteiger partial charge in [0.1, 0.15) is 11.5 Å². The van der Waals surface area contributed by atoms with E-state index in [1.54, 1.807) is 18.2 Å². The molecular formula is C16H19Cl2N5O2. The van der Waals surface area contributed by atoms with Crippen LogP contribution in [0, 0.1) is 5.92 Å². The van der Waals surface area contributed by atoms with Crippen molar-refractivity contribution in [3.05, 3.63) is 39.9 Å². The molecule has 1 aliphatic heterocycles. The van der Waals surface area contributed by atoms with Crippen LogP contribution < -0.4 is 10.6 Å². The van der Waals surface area contributed by atoms with Gasteiger partial charge in [-0.1, -0.05) is 36.2 Å². The van der Waals surface area contributed by atoms with E-state index in [1.165, 1.54) is 4.68 Å². The van der Waals surface area contributed by atoms with Gasteiger partial charge in [-0.25, -0.2) is 9.67 Å². The summed E-state index contributed by atoms with van der Waals surface area (Å²) in [5.41, 5.74) is 0.504. The number of nitrogens with one attached hydrogen (secondary N) is 2. The molecule has 7 nitrogen and oxygen atoms in total. The second-order valence-corrected chi connectivity index (χ2v) is 6.70. The average Bonchev–Trinajstić information content (AvgIpc) is 3.19. The van der Waals surface area contributed by atoms with Crippen molar-refractivity contribution in [3.63, 3.8) is 0 Å². The van der Waals surface area contributed by atoms with Crippen LogP contribution in [0.5, 0.6) is 0 Å². The maximum Gasteiger partial charge on any atom is 0.290 e. The standard InChI is InChI=1S/C16H19Cl2N5O2/c1-2-13-21-15(16(25)20-7-9-6-19-8-12(9)24)22-23(13)14-10(17)4-3-5-11(14)18/h3-5,9,12,19,24H,2,6-8H2,1H3,(H,20,25). The van der Waals surface area contributed by atoms with E-state index in [2.05, 4.69) is 20.7 Å². The topological polar surface area (TPSA) is 92.1 Å². The first-order valence-electron chi connectivity index (χ1n) is 8.08. The average molecular weight is 384 g/mol. The number of para-hydroxylation sites is 1. The zero-order chi connectivity index (χ0) is 18.0. The first kappa shape index (κ1) is 18.1. The minimum atomic E-state index is -0.459. The molecule has 1 amide bonds. The van der Waals surface area contributed by atoms with Crippen molar-refractivity contribution in [3.8, 4) is 5.69 Å². The Bertz CT molecular complexity index is 760. The highest BCUT2D eigenvalue weighted by molar-refractivity contribution is 6.37. The second-order valence-electron chi connectivity index (χ2n) is 5.88. The van der Waals surface area contributed by atoms with Gasteiger partial charge in [0, 0.05) is 32.0 Å². The zero-order valence-corrected chi connectivity index (χ0v) is 15.2. The van der Waals surface area contributed by atoms with E-state index in [9.17, 15) is 9.90 Å². The van der Waals surface area contributed by atoms with E-state index in [1.807, 2.05) is 6.92 Å². The summed E-state index contributed by atoms with van der Waals surface area (Å²) in [5, 5.41) is 20.8. The molecule has 0 radical (unpaired) electrons. The van der Waals surface area contributed by atoms with E-state index in [0.29, 0.717) is 47.6 Å². The molecule has 2 aromatic rings. The highest BCUT2D eigenvalue weighted by Gasteiger charge is 2.26. The predicted molar refractivity (Wildman–Crippen MR) is 95.5 cm³/mol. The number of β-amino-alcohol motifs (C(OH)–C–C–N with tert-alkyl or cyclic N) is 1. The molecule has 1 aromatic carbocycles.